The van der Waals surface area contributed by atoms with E-state index in [4.69, 9.17) is 9.47 Å². The molecule has 1 aromatic rings. The van der Waals surface area contributed by atoms with E-state index in [1.165, 1.54) is 0 Å². The number of benzene rings is 1. The van der Waals surface area contributed by atoms with Crippen LogP contribution in [0.3, 0.4) is 0 Å². The first-order valence-corrected chi connectivity index (χ1v) is 6.08. The number of rotatable bonds is 4. The molecule has 17 heavy (non-hydrogen) atoms. The van der Waals surface area contributed by atoms with Crippen LogP contribution in [0.25, 0.3) is 0 Å². The molecule has 0 aromatic heterocycles. The fourth-order valence-electron chi connectivity index (χ4n) is 2.11. The zero-order valence-corrected chi connectivity index (χ0v) is 10.3. The highest BCUT2D eigenvalue weighted by atomic mass is 16.6. The Balaban J connectivity index is 1.96. The Hall–Kier alpha value is -1.35. The first-order chi connectivity index (χ1) is 8.22. The fraction of sp³-hybridized carbons (Fsp3) is 0.500. The minimum Gasteiger partial charge on any atom is -0.459 e. The van der Waals surface area contributed by atoms with Crippen LogP contribution in [-0.4, -0.2) is 18.2 Å². The molecule has 1 aromatic carbocycles. The number of carbonyl (C=O) groups excluding carboxylic acids is 1. The quantitative estimate of drug-likeness (QED) is 0.751. The Morgan fingerprint density at radius 2 is 2.00 bits per heavy atom. The summed E-state index contributed by atoms with van der Waals surface area (Å²) in [7, 11) is 0. The lowest BCUT2D eigenvalue weighted by Crippen LogP contribution is -2.28. The fourth-order valence-corrected chi connectivity index (χ4v) is 2.11. The van der Waals surface area contributed by atoms with E-state index in [9.17, 15) is 4.79 Å². The number of hydrogen-bond donors (Lipinski definition) is 0. The summed E-state index contributed by atoms with van der Waals surface area (Å²) in [5, 5.41) is 0. The zero-order chi connectivity index (χ0) is 12.3. The van der Waals surface area contributed by atoms with Crippen LogP contribution in [0.4, 0.5) is 0 Å². The van der Waals surface area contributed by atoms with Gasteiger partial charge in [0.2, 0.25) is 0 Å². The molecule has 1 unspecified atom stereocenters. The summed E-state index contributed by atoms with van der Waals surface area (Å²) in [6.07, 6.45) is 0.587. The molecule has 92 valence electrons. The van der Waals surface area contributed by atoms with Crippen LogP contribution in [0.1, 0.15) is 25.8 Å². The SMILES string of the molecule is CC[C@H]1OC(=O)C(C)[C@H]1OCc1ccccc1. The summed E-state index contributed by atoms with van der Waals surface area (Å²) in [4.78, 5) is 11.5. The molecular weight excluding hydrogens is 216 g/mol. The molecule has 3 nitrogen and oxygen atoms in total. The lowest BCUT2D eigenvalue weighted by molar-refractivity contribution is -0.144. The van der Waals surface area contributed by atoms with Gasteiger partial charge in [0.1, 0.15) is 12.2 Å². The van der Waals surface area contributed by atoms with Crippen LogP contribution >= 0.6 is 0 Å². The Morgan fingerprint density at radius 1 is 1.29 bits per heavy atom. The first kappa shape index (κ1) is 12.1. The van der Waals surface area contributed by atoms with Crippen molar-refractivity contribution in [3.05, 3.63) is 35.9 Å². The smallest absolute Gasteiger partial charge is 0.311 e. The summed E-state index contributed by atoms with van der Waals surface area (Å²) in [5.74, 6) is -0.307. The molecule has 0 amide bonds. The first-order valence-electron chi connectivity index (χ1n) is 6.08. The van der Waals surface area contributed by atoms with E-state index < -0.39 is 0 Å². The number of cyclic esters (lactones) is 1. The van der Waals surface area contributed by atoms with Crippen molar-refractivity contribution in [3.63, 3.8) is 0 Å². The Labute approximate surface area is 102 Å². The molecule has 1 saturated heterocycles. The van der Waals surface area contributed by atoms with Crippen molar-refractivity contribution in [1.29, 1.82) is 0 Å². The Kier molecular flexibility index (Phi) is 3.79. The van der Waals surface area contributed by atoms with Crippen LogP contribution in [0.2, 0.25) is 0 Å². The van der Waals surface area contributed by atoms with E-state index in [2.05, 4.69) is 0 Å². The maximum absolute atomic E-state index is 11.5. The van der Waals surface area contributed by atoms with E-state index in [0.717, 1.165) is 12.0 Å². The van der Waals surface area contributed by atoms with Gasteiger partial charge in [-0.05, 0) is 18.9 Å². The van der Waals surface area contributed by atoms with E-state index in [-0.39, 0.29) is 24.1 Å². The molecule has 0 saturated carbocycles. The third kappa shape index (κ3) is 2.67. The molecule has 0 bridgehead atoms. The van der Waals surface area contributed by atoms with Crippen LogP contribution in [0.5, 0.6) is 0 Å². The van der Waals surface area contributed by atoms with E-state index >= 15 is 0 Å². The average Bonchev–Trinajstić information content (AvgIpc) is 2.64. The molecule has 0 spiro atoms. The van der Waals surface area contributed by atoms with Crippen molar-refractivity contribution in [3.8, 4) is 0 Å². The maximum atomic E-state index is 11.5. The molecule has 3 heteroatoms. The molecule has 1 heterocycles. The second kappa shape index (κ2) is 5.32. The van der Waals surface area contributed by atoms with Gasteiger partial charge in [0, 0.05) is 0 Å². The summed E-state index contributed by atoms with van der Waals surface area (Å²) >= 11 is 0. The van der Waals surface area contributed by atoms with Crippen LogP contribution in [-0.2, 0) is 20.9 Å². The maximum Gasteiger partial charge on any atom is 0.311 e. The molecule has 1 aliphatic rings. The minimum absolute atomic E-state index is 0.0961. The van der Waals surface area contributed by atoms with Crippen molar-refractivity contribution < 1.29 is 14.3 Å². The molecule has 0 radical (unpaired) electrons. The Morgan fingerprint density at radius 3 is 2.65 bits per heavy atom. The highest BCUT2D eigenvalue weighted by molar-refractivity contribution is 5.75. The van der Waals surface area contributed by atoms with Crippen LogP contribution in [0, 0.1) is 5.92 Å². The number of ether oxygens (including phenoxy) is 2. The summed E-state index contributed by atoms with van der Waals surface area (Å²) in [5.41, 5.74) is 1.12. The molecule has 3 atom stereocenters. The lowest BCUT2D eigenvalue weighted by Gasteiger charge is -2.18. The van der Waals surface area contributed by atoms with Crippen molar-refractivity contribution in [2.75, 3.05) is 0 Å². The standard InChI is InChI=1S/C14H18O3/c1-3-12-13(10(2)14(15)17-12)16-9-11-7-5-4-6-8-11/h4-8,10,12-13H,3,9H2,1-2H3/t10?,12-,13-/m1/s1. The van der Waals surface area contributed by atoms with Gasteiger partial charge in [-0.2, -0.15) is 0 Å². The van der Waals surface area contributed by atoms with Gasteiger partial charge in [-0.1, -0.05) is 37.3 Å². The van der Waals surface area contributed by atoms with Crippen LogP contribution in [0.15, 0.2) is 30.3 Å². The predicted molar refractivity (Wildman–Crippen MR) is 64.4 cm³/mol. The summed E-state index contributed by atoms with van der Waals surface area (Å²) in [6, 6.07) is 9.97. The van der Waals surface area contributed by atoms with Gasteiger partial charge >= 0.3 is 5.97 Å². The Bertz CT molecular complexity index is 374. The van der Waals surface area contributed by atoms with Gasteiger partial charge in [0.15, 0.2) is 0 Å². The van der Waals surface area contributed by atoms with Gasteiger partial charge in [-0.25, -0.2) is 0 Å². The van der Waals surface area contributed by atoms with Crippen molar-refractivity contribution >= 4 is 5.97 Å². The largest absolute Gasteiger partial charge is 0.459 e. The number of hydrogen-bond acceptors (Lipinski definition) is 3. The highest BCUT2D eigenvalue weighted by Crippen LogP contribution is 2.27. The van der Waals surface area contributed by atoms with Crippen molar-refractivity contribution in [2.45, 2.75) is 39.1 Å². The molecule has 1 aliphatic heterocycles. The molecule has 0 aliphatic carbocycles. The van der Waals surface area contributed by atoms with E-state index in [1.54, 1.807) is 0 Å². The van der Waals surface area contributed by atoms with Crippen molar-refractivity contribution in [2.24, 2.45) is 5.92 Å². The van der Waals surface area contributed by atoms with Crippen molar-refractivity contribution in [1.82, 2.24) is 0 Å². The van der Waals surface area contributed by atoms with Gasteiger partial charge in [-0.3, -0.25) is 4.79 Å². The zero-order valence-electron chi connectivity index (χ0n) is 10.3. The second-order valence-corrected chi connectivity index (χ2v) is 4.43. The topological polar surface area (TPSA) is 35.5 Å². The highest BCUT2D eigenvalue weighted by Gasteiger charge is 2.41. The van der Waals surface area contributed by atoms with Gasteiger partial charge in [-0.15, -0.1) is 0 Å². The van der Waals surface area contributed by atoms with E-state index in [1.807, 2.05) is 44.2 Å². The molecule has 1 fully saturated rings. The third-order valence-electron chi connectivity index (χ3n) is 3.19. The lowest BCUT2D eigenvalue weighted by atomic mass is 10.0. The normalized spacial score (nSPS) is 28.1. The minimum atomic E-state index is -0.163. The number of carbonyl (C=O) groups is 1. The predicted octanol–water partition coefficient (Wildman–Crippen LogP) is 2.54. The molecule has 2 rings (SSSR count). The summed E-state index contributed by atoms with van der Waals surface area (Å²) in [6.45, 7) is 4.41. The molecule has 0 N–H and O–H groups in total. The molecular formula is C14H18O3. The third-order valence-corrected chi connectivity index (χ3v) is 3.19. The van der Waals surface area contributed by atoms with Gasteiger partial charge in [0.25, 0.3) is 0 Å². The average molecular weight is 234 g/mol. The monoisotopic (exact) mass is 234 g/mol. The second-order valence-electron chi connectivity index (χ2n) is 4.43. The van der Waals surface area contributed by atoms with E-state index in [0.29, 0.717) is 6.61 Å². The van der Waals surface area contributed by atoms with Gasteiger partial charge in [0.05, 0.1) is 12.5 Å². The number of esters is 1. The van der Waals surface area contributed by atoms with Gasteiger partial charge < -0.3 is 9.47 Å². The summed E-state index contributed by atoms with van der Waals surface area (Å²) < 4.78 is 11.1. The van der Waals surface area contributed by atoms with Crippen LogP contribution < -0.4 is 0 Å².